The number of halogens is 3. The first-order chi connectivity index (χ1) is 9.98. The Morgan fingerprint density at radius 1 is 1.05 bits per heavy atom. The molecule has 0 atom stereocenters. The Labute approximate surface area is 117 Å². The lowest BCUT2D eigenvalue weighted by Crippen LogP contribution is -2.11. The van der Waals surface area contributed by atoms with E-state index < -0.39 is 23.3 Å². The normalized spacial score (nSPS) is 11.8. The highest BCUT2D eigenvalue weighted by Crippen LogP contribution is 2.33. The molecular weight excluding hydrogens is 283 g/mol. The first-order valence-electron chi connectivity index (χ1n) is 6.03. The SMILES string of the molecule is O=C(c1oncc1C(F)(F)F)c1cccc2ccccc12. The van der Waals surface area contributed by atoms with Gasteiger partial charge in [-0.3, -0.25) is 4.79 Å². The highest BCUT2D eigenvalue weighted by atomic mass is 19.4. The van der Waals surface area contributed by atoms with Crippen LogP contribution >= 0.6 is 0 Å². The van der Waals surface area contributed by atoms with Crippen molar-refractivity contribution in [2.24, 2.45) is 0 Å². The monoisotopic (exact) mass is 291 g/mol. The van der Waals surface area contributed by atoms with Crippen molar-refractivity contribution in [1.82, 2.24) is 5.16 Å². The molecule has 0 aliphatic heterocycles. The van der Waals surface area contributed by atoms with E-state index in [1.165, 1.54) is 6.07 Å². The number of carbonyl (C=O) groups excluding carboxylic acids is 1. The highest BCUT2D eigenvalue weighted by Gasteiger charge is 2.39. The smallest absolute Gasteiger partial charge is 0.352 e. The van der Waals surface area contributed by atoms with Crippen molar-refractivity contribution in [2.45, 2.75) is 6.18 Å². The molecule has 0 saturated carbocycles. The van der Waals surface area contributed by atoms with E-state index in [-0.39, 0.29) is 5.56 Å². The lowest BCUT2D eigenvalue weighted by Gasteiger charge is -2.06. The Balaban J connectivity index is 2.16. The fourth-order valence-corrected chi connectivity index (χ4v) is 2.15. The Hall–Kier alpha value is -2.63. The van der Waals surface area contributed by atoms with Crippen LogP contribution < -0.4 is 0 Å². The molecule has 0 unspecified atom stereocenters. The summed E-state index contributed by atoms with van der Waals surface area (Å²) < 4.78 is 43.0. The predicted octanol–water partition coefficient (Wildman–Crippen LogP) is 4.08. The molecule has 0 aliphatic rings. The number of alkyl halides is 3. The second kappa shape index (κ2) is 4.73. The van der Waals surface area contributed by atoms with Crippen molar-refractivity contribution < 1.29 is 22.5 Å². The lowest BCUT2D eigenvalue weighted by molar-refractivity contribution is -0.138. The van der Waals surface area contributed by atoms with Crippen molar-refractivity contribution >= 4 is 16.6 Å². The fourth-order valence-electron chi connectivity index (χ4n) is 2.15. The van der Waals surface area contributed by atoms with Gasteiger partial charge in [0.15, 0.2) is 0 Å². The van der Waals surface area contributed by atoms with Crippen LogP contribution in [0.25, 0.3) is 10.8 Å². The van der Waals surface area contributed by atoms with Gasteiger partial charge in [-0.25, -0.2) is 0 Å². The van der Waals surface area contributed by atoms with Gasteiger partial charge in [0.05, 0.1) is 6.20 Å². The van der Waals surface area contributed by atoms with E-state index in [4.69, 9.17) is 0 Å². The van der Waals surface area contributed by atoms with Gasteiger partial charge in [-0.15, -0.1) is 0 Å². The summed E-state index contributed by atoms with van der Waals surface area (Å²) in [6.07, 6.45) is -4.17. The minimum absolute atomic E-state index is 0.148. The molecule has 1 heterocycles. The summed E-state index contributed by atoms with van der Waals surface area (Å²) in [7, 11) is 0. The van der Waals surface area contributed by atoms with E-state index in [9.17, 15) is 18.0 Å². The zero-order chi connectivity index (χ0) is 15.0. The molecule has 0 aliphatic carbocycles. The van der Waals surface area contributed by atoms with Gasteiger partial charge >= 0.3 is 6.18 Å². The van der Waals surface area contributed by atoms with Crippen molar-refractivity contribution in [2.75, 3.05) is 0 Å². The van der Waals surface area contributed by atoms with E-state index in [0.717, 1.165) is 5.39 Å². The van der Waals surface area contributed by atoms with Crippen molar-refractivity contribution in [1.29, 1.82) is 0 Å². The van der Waals surface area contributed by atoms with Crippen molar-refractivity contribution in [3.63, 3.8) is 0 Å². The zero-order valence-electron chi connectivity index (χ0n) is 10.5. The third-order valence-corrected chi connectivity index (χ3v) is 3.12. The number of nitrogens with zero attached hydrogens (tertiary/aromatic N) is 1. The molecule has 0 N–H and O–H groups in total. The molecule has 0 saturated heterocycles. The van der Waals surface area contributed by atoms with Crippen LogP contribution in [0.3, 0.4) is 0 Å². The maximum atomic E-state index is 12.8. The summed E-state index contributed by atoms with van der Waals surface area (Å²) >= 11 is 0. The zero-order valence-corrected chi connectivity index (χ0v) is 10.5. The average molecular weight is 291 g/mol. The Bertz CT molecular complexity index is 816. The molecule has 106 valence electrons. The van der Waals surface area contributed by atoms with Gasteiger partial charge in [0, 0.05) is 5.56 Å². The van der Waals surface area contributed by atoms with Gasteiger partial charge in [-0.05, 0) is 10.8 Å². The number of hydrogen-bond donors (Lipinski definition) is 0. The van der Waals surface area contributed by atoms with Crippen LogP contribution in [0.15, 0.2) is 53.2 Å². The van der Waals surface area contributed by atoms with E-state index in [1.807, 2.05) is 0 Å². The van der Waals surface area contributed by atoms with Gasteiger partial charge in [-0.1, -0.05) is 47.6 Å². The van der Waals surface area contributed by atoms with Crippen molar-refractivity contribution in [3.8, 4) is 0 Å². The van der Waals surface area contributed by atoms with Gasteiger partial charge in [0.1, 0.15) is 5.56 Å². The van der Waals surface area contributed by atoms with Crippen molar-refractivity contribution in [3.05, 3.63) is 65.5 Å². The minimum Gasteiger partial charge on any atom is -0.352 e. The summed E-state index contributed by atoms with van der Waals surface area (Å²) in [4.78, 5) is 12.4. The Kier molecular flexibility index (Phi) is 3.01. The molecule has 0 bridgehead atoms. The molecule has 0 radical (unpaired) electrons. The second-order valence-electron chi connectivity index (χ2n) is 4.42. The molecule has 2 aromatic carbocycles. The largest absolute Gasteiger partial charge is 0.421 e. The van der Waals surface area contributed by atoms with E-state index in [2.05, 4.69) is 9.68 Å². The van der Waals surface area contributed by atoms with Gasteiger partial charge < -0.3 is 4.52 Å². The quantitative estimate of drug-likeness (QED) is 0.668. The first-order valence-corrected chi connectivity index (χ1v) is 6.03. The molecule has 3 nitrogen and oxygen atoms in total. The maximum Gasteiger partial charge on any atom is 0.421 e. The number of rotatable bonds is 2. The van der Waals surface area contributed by atoms with Gasteiger partial charge in [0.2, 0.25) is 11.5 Å². The topological polar surface area (TPSA) is 43.1 Å². The number of hydrogen-bond acceptors (Lipinski definition) is 3. The van der Waals surface area contributed by atoms with Gasteiger partial charge in [-0.2, -0.15) is 13.2 Å². The van der Waals surface area contributed by atoms with E-state index in [0.29, 0.717) is 11.6 Å². The number of ketones is 1. The predicted molar refractivity (Wildman–Crippen MR) is 68.9 cm³/mol. The van der Waals surface area contributed by atoms with Crippen LogP contribution in [0.4, 0.5) is 13.2 Å². The lowest BCUT2D eigenvalue weighted by atomic mass is 9.99. The Morgan fingerprint density at radius 2 is 1.76 bits per heavy atom. The first kappa shape index (κ1) is 13.4. The second-order valence-corrected chi connectivity index (χ2v) is 4.42. The molecule has 3 rings (SSSR count). The van der Waals surface area contributed by atoms with E-state index in [1.54, 1.807) is 36.4 Å². The van der Waals surface area contributed by atoms with Crippen LogP contribution in [0.2, 0.25) is 0 Å². The van der Waals surface area contributed by atoms with Crippen LogP contribution in [-0.2, 0) is 6.18 Å². The minimum atomic E-state index is -4.68. The number of benzene rings is 2. The number of carbonyl (C=O) groups is 1. The highest BCUT2D eigenvalue weighted by molar-refractivity contribution is 6.15. The molecule has 1 aromatic heterocycles. The molecular formula is C15H8F3NO2. The molecule has 0 spiro atoms. The third-order valence-electron chi connectivity index (χ3n) is 3.12. The molecule has 6 heteroatoms. The van der Waals surface area contributed by atoms with E-state index >= 15 is 0 Å². The molecule has 0 fully saturated rings. The fraction of sp³-hybridized carbons (Fsp3) is 0.0667. The molecule has 3 aromatic rings. The summed E-state index contributed by atoms with van der Waals surface area (Å²) in [5.74, 6) is -1.63. The van der Waals surface area contributed by atoms with Crippen LogP contribution in [0.1, 0.15) is 21.7 Å². The molecule has 21 heavy (non-hydrogen) atoms. The Morgan fingerprint density at radius 3 is 2.52 bits per heavy atom. The maximum absolute atomic E-state index is 12.8. The summed E-state index contributed by atoms with van der Waals surface area (Å²) in [5, 5.41) is 4.42. The summed E-state index contributed by atoms with van der Waals surface area (Å²) in [6, 6.07) is 11.8. The van der Waals surface area contributed by atoms with Crippen LogP contribution in [0.5, 0.6) is 0 Å². The van der Waals surface area contributed by atoms with Gasteiger partial charge in [0.25, 0.3) is 0 Å². The summed E-state index contributed by atoms with van der Waals surface area (Å²) in [6.45, 7) is 0. The standard InChI is InChI=1S/C15H8F3NO2/c16-15(17,18)12-8-19-21-14(12)13(20)11-7-3-5-9-4-1-2-6-10(9)11/h1-8H. The molecule has 0 amide bonds. The number of aromatic nitrogens is 1. The van der Waals surface area contributed by atoms with Crippen LogP contribution in [-0.4, -0.2) is 10.9 Å². The third kappa shape index (κ3) is 2.29. The number of fused-ring (bicyclic) bond motifs is 1. The van der Waals surface area contributed by atoms with Crippen LogP contribution in [0, 0.1) is 0 Å². The summed E-state index contributed by atoms with van der Waals surface area (Å²) in [5.41, 5.74) is -1.02. The average Bonchev–Trinajstić information content (AvgIpc) is 2.95.